The Hall–Kier alpha value is -2.58. The van der Waals surface area contributed by atoms with Crippen molar-refractivity contribution in [3.8, 4) is 11.3 Å². The van der Waals surface area contributed by atoms with Crippen LogP contribution in [0.5, 0.6) is 0 Å². The lowest BCUT2D eigenvalue weighted by Crippen LogP contribution is -2.45. The van der Waals surface area contributed by atoms with Crippen molar-refractivity contribution in [2.45, 2.75) is 37.5 Å². The number of ether oxygens (including phenoxy) is 1. The van der Waals surface area contributed by atoms with Crippen LogP contribution in [0.4, 0.5) is 0 Å². The number of hydrogen-bond acceptors (Lipinski definition) is 7. The van der Waals surface area contributed by atoms with Crippen molar-refractivity contribution in [2.75, 3.05) is 19.8 Å². The first-order valence-electron chi connectivity index (χ1n) is 10.3. The molecule has 1 aliphatic heterocycles. The van der Waals surface area contributed by atoms with E-state index in [0.717, 1.165) is 35.5 Å². The molecule has 1 saturated heterocycles. The highest BCUT2D eigenvalue weighted by atomic mass is 32.1. The zero-order valence-electron chi connectivity index (χ0n) is 16.8. The van der Waals surface area contributed by atoms with Crippen LogP contribution >= 0.6 is 11.3 Å². The van der Waals surface area contributed by atoms with Crippen LogP contribution in [-0.2, 0) is 14.9 Å². The molecular formula is C22H24N4O3S. The SMILES string of the molecule is Cc1nc(C2CC2C(=O)NCC2(c3nc(-c4ccccc4)cs3)CCOCC2)no1. The lowest BCUT2D eigenvalue weighted by Gasteiger charge is -2.35. The van der Waals surface area contributed by atoms with Gasteiger partial charge in [-0.3, -0.25) is 4.79 Å². The predicted octanol–water partition coefficient (Wildman–Crippen LogP) is 3.47. The second kappa shape index (κ2) is 7.92. The van der Waals surface area contributed by atoms with Crippen molar-refractivity contribution in [3.63, 3.8) is 0 Å². The minimum atomic E-state index is -0.182. The molecule has 156 valence electrons. The maximum absolute atomic E-state index is 12.8. The molecule has 2 atom stereocenters. The summed E-state index contributed by atoms with van der Waals surface area (Å²) in [4.78, 5) is 22.0. The molecule has 2 unspecified atom stereocenters. The minimum absolute atomic E-state index is 0.0631. The lowest BCUT2D eigenvalue weighted by molar-refractivity contribution is -0.122. The van der Waals surface area contributed by atoms with Gasteiger partial charge in [-0.05, 0) is 19.3 Å². The Labute approximate surface area is 178 Å². The fourth-order valence-electron chi connectivity index (χ4n) is 4.11. The smallest absolute Gasteiger partial charge is 0.223 e. The number of amides is 1. The van der Waals surface area contributed by atoms with Crippen LogP contribution in [0, 0.1) is 12.8 Å². The highest BCUT2D eigenvalue weighted by Crippen LogP contribution is 2.46. The van der Waals surface area contributed by atoms with Gasteiger partial charge in [-0.1, -0.05) is 35.5 Å². The standard InChI is InChI=1S/C22H24N4O3S/c1-14-24-19(26-29-14)16-11-17(16)20(27)23-13-22(7-9-28-10-8-22)21-25-18(12-30-21)15-5-3-2-4-6-15/h2-6,12,16-17H,7-11,13H2,1H3,(H,23,27). The minimum Gasteiger partial charge on any atom is -0.381 e. The van der Waals surface area contributed by atoms with Gasteiger partial charge in [0, 0.05) is 54.9 Å². The first-order chi connectivity index (χ1) is 14.6. The Morgan fingerprint density at radius 1 is 1.23 bits per heavy atom. The van der Waals surface area contributed by atoms with Crippen molar-refractivity contribution in [1.82, 2.24) is 20.4 Å². The van der Waals surface area contributed by atoms with Gasteiger partial charge >= 0.3 is 0 Å². The van der Waals surface area contributed by atoms with Crippen LogP contribution in [0.3, 0.4) is 0 Å². The van der Waals surface area contributed by atoms with Gasteiger partial charge in [0.1, 0.15) is 5.01 Å². The highest BCUT2D eigenvalue weighted by molar-refractivity contribution is 7.10. The van der Waals surface area contributed by atoms with E-state index in [1.165, 1.54) is 0 Å². The molecule has 0 bridgehead atoms. The number of aromatic nitrogens is 3. The molecule has 1 saturated carbocycles. The van der Waals surface area contributed by atoms with Gasteiger partial charge in [-0.25, -0.2) is 4.98 Å². The third-order valence-electron chi connectivity index (χ3n) is 6.08. The second-order valence-electron chi connectivity index (χ2n) is 8.13. The first kappa shape index (κ1) is 19.4. The predicted molar refractivity (Wildman–Crippen MR) is 112 cm³/mol. The monoisotopic (exact) mass is 424 g/mol. The van der Waals surface area contributed by atoms with E-state index in [9.17, 15) is 4.79 Å². The Morgan fingerprint density at radius 3 is 2.77 bits per heavy atom. The summed E-state index contributed by atoms with van der Waals surface area (Å²) in [6.45, 7) is 3.71. The quantitative estimate of drug-likeness (QED) is 0.652. The summed E-state index contributed by atoms with van der Waals surface area (Å²) < 4.78 is 10.7. The Balaban J connectivity index is 1.29. The van der Waals surface area contributed by atoms with E-state index in [0.29, 0.717) is 31.5 Å². The van der Waals surface area contributed by atoms with E-state index in [1.54, 1.807) is 18.3 Å². The summed E-state index contributed by atoms with van der Waals surface area (Å²) in [6.07, 6.45) is 2.48. The van der Waals surface area contributed by atoms with E-state index in [4.69, 9.17) is 14.2 Å². The molecule has 5 rings (SSSR count). The number of aryl methyl sites for hydroxylation is 1. The molecular weight excluding hydrogens is 400 g/mol. The van der Waals surface area contributed by atoms with Crippen molar-refractivity contribution in [1.29, 1.82) is 0 Å². The average Bonchev–Trinajstić information content (AvgIpc) is 3.20. The normalized spacial score (nSPS) is 22.6. The number of rotatable bonds is 6. The fourth-order valence-corrected chi connectivity index (χ4v) is 5.20. The van der Waals surface area contributed by atoms with E-state index in [1.807, 2.05) is 18.2 Å². The fraction of sp³-hybridized carbons (Fsp3) is 0.455. The molecule has 2 aromatic heterocycles. The van der Waals surface area contributed by atoms with Gasteiger partial charge in [0.05, 0.1) is 5.69 Å². The van der Waals surface area contributed by atoms with Crippen molar-refractivity contribution < 1.29 is 14.1 Å². The van der Waals surface area contributed by atoms with E-state index < -0.39 is 0 Å². The molecule has 2 fully saturated rings. The molecule has 2 aliphatic rings. The molecule has 1 aliphatic carbocycles. The largest absolute Gasteiger partial charge is 0.381 e. The van der Waals surface area contributed by atoms with Crippen molar-refractivity contribution in [2.24, 2.45) is 5.92 Å². The number of carbonyl (C=O) groups is 1. The summed E-state index contributed by atoms with van der Waals surface area (Å²) in [5.74, 6) is 1.23. The first-order valence-corrected chi connectivity index (χ1v) is 11.2. The van der Waals surface area contributed by atoms with Crippen LogP contribution < -0.4 is 5.32 Å². The number of benzene rings is 1. The molecule has 0 spiro atoms. The molecule has 8 heteroatoms. The summed E-state index contributed by atoms with van der Waals surface area (Å²) >= 11 is 1.68. The molecule has 1 N–H and O–H groups in total. The maximum atomic E-state index is 12.8. The molecule has 7 nitrogen and oxygen atoms in total. The Kier molecular flexibility index (Phi) is 5.12. The number of hydrogen-bond donors (Lipinski definition) is 1. The average molecular weight is 425 g/mol. The zero-order valence-corrected chi connectivity index (χ0v) is 17.7. The molecule has 1 amide bonds. The van der Waals surface area contributed by atoms with Gasteiger partial charge < -0.3 is 14.6 Å². The van der Waals surface area contributed by atoms with Crippen LogP contribution in [0.2, 0.25) is 0 Å². The molecule has 3 aromatic rings. The topological polar surface area (TPSA) is 90.1 Å². The summed E-state index contributed by atoms with van der Waals surface area (Å²) in [5.41, 5.74) is 1.92. The van der Waals surface area contributed by atoms with Crippen molar-refractivity contribution >= 4 is 17.2 Å². The third kappa shape index (κ3) is 3.77. The molecule has 3 heterocycles. The van der Waals surface area contributed by atoms with Gasteiger partial charge in [0.2, 0.25) is 11.8 Å². The number of nitrogens with zero attached hydrogens (tertiary/aromatic N) is 3. The van der Waals surface area contributed by atoms with E-state index in [-0.39, 0.29) is 23.2 Å². The highest BCUT2D eigenvalue weighted by Gasteiger charge is 2.48. The van der Waals surface area contributed by atoms with Crippen molar-refractivity contribution in [3.05, 3.63) is 52.4 Å². The number of nitrogens with one attached hydrogen (secondary N) is 1. The summed E-state index contributed by atoms with van der Waals surface area (Å²) in [7, 11) is 0. The Bertz CT molecular complexity index is 1030. The third-order valence-corrected chi connectivity index (χ3v) is 7.17. The summed E-state index contributed by atoms with van der Waals surface area (Å²) in [5, 5.41) is 10.3. The van der Waals surface area contributed by atoms with Crippen LogP contribution in [0.25, 0.3) is 11.3 Å². The van der Waals surface area contributed by atoms with Gasteiger partial charge in [-0.2, -0.15) is 4.98 Å². The van der Waals surface area contributed by atoms with E-state index in [2.05, 4.69) is 33.0 Å². The van der Waals surface area contributed by atoms with E-state index >= 15 is 0 Å². The lowest BCUT2D eigenvalue weighted by atomic mass is 9.80. The van der Waals surface area contributed by atoms with Crippen LogP contribution in [0.1, 0.15) is 41.9 Å². The van der Waals surface area contributed by atoms with Gasteiger partial charge in [0.25, 0.3) is 0 Å². The second-order valence-corrected chi connectivity index (χ2v) is 8.99. The zero-order chi connectivity index (χ0) is 20.6. The number of carbonyl (C=O) groups excluding carboxylic acids is 1. The summed E-state index contributed by atoms with van der Waals surface area (Å²) in [6, 6.07) is 10.2. The number of thiazole rings is 1. The van der Waals surface area contributed by atoms with Gasteiger partial charge in [0.15, 0.2) is 5.82 Å². The molecule has 1 aromatic carbocycles. The molecule has 30 heavy (non-hydrogen) atoms. The maximum Gasteiger partial charge on any atom is 0.223 e. The molecule has 0 radical (unpaired) electrons. The van der Waals surface area contributed by atoms with Crippen LogP contribution in [-0.4, -0.2) is 40.8 Å². The Morgan fingerprint density at radius 2 is 2.03 bits per heavy atom. The van der Waals surface area contributed by atoms with Gasteiger partial charge in [-0.15, -0.1) is 11.3 Å². The van der Waals surface area contributed by atoms with Crippen LogP contribution in [0.15, 0.2) is 40.2 Å².